The Morgan fingerprint density at radius 2 is 1.88 bits per heavy atom. The van der Waals surface area contributed by atoms with Crippen LogP contribution >= 0.6 is 0 Å². The van der Waals surface area contributed by atoms with E-state index < -0.39 is 0 Å². The summed E-state index contributed by atoms with van der Waals surface area (Å²) in [5.74, 6) is 0.612. The fourth-order valence-electron chi connectivity index (χ4n) is 3.87. The molecule has 3 heteroatoms. The Kier molecular flexibility index (Phi) is 5.39. The third-order valence-corrected chi connectivity index (χ3v) is 5.09. The van der Waals surface area contributed by atoms with Crippen LogP contribution in [0.1, 0.15) is 50.5 Å². The fraction of sp³-hybridized carbons (Fsp3) is 0.476. The van der Waals surface area contributed by atoms with Crippen molar-refractivity contribution in [3.8, 4) is 5.75 Å². The van der Waals surface area contributed by atoms with Crippen LogP contribution in [0.3, 0.4) is 0 Å². The van der Waals surface area contributed by atoms with Crippen molar-refractivity contribution >= 4 is 5.97 Å². The molecule has 2 atom stereocenters. The summed E-state index contributed by atoms with van der Waals surface area (Å²) in [6, 6.07) is 8.04. The molecule has 3 rings (SSSR count). The highest BCUT2D eigenvalue weighted by atomic mass is 16.5. The van der Waals surface area contributed by atoms with E-state index in [1.165, 1.54) is 24.0 Å². The van der Waals surface area contributed by atoms with E-state index in [0.29, 0.717) is 6.61 Å². The standard InChI is InChI=1S/C21H26O3/c1-3-24-21(22)20-18-8-6-4-5-7-15(18)11-14-19(20)16-9-12-17(23-2)13-10-16/h9-14,19-20H,3-8H2,1-2H3/t19-,20-/m1/s1. The first-order chi connectivity index (χ1) is 11.7. The Bertz CT molecular complexity index is 640. The Morgan fingerprint density at radius 1 is 1.12 bits per heavy atom. The molecule has 0 aliphatic heterocycles. The van der Waals surface area contributed by atoms with Crippen molar-refractivity contribution in [2.24, 2.45) is 5.92 Å². The van der Waals surface area contributed by atoms with Gasteiger partial charge in [0.1, 0.15) is 5.75 Å². The lowest BCUT2D eigenvalue weighted by Gasteiger charge is -2.30. The third-order valence-electron chi connectivity index (χ3n) is 5.09. The molecule has 0 aromatic heterocycles. The highest BCUT2D eigenvalue weighted by Crippen LogP contribution is 2.43. The molecule has 1 aromatic carbocycles. The summed E-state index contributed by atoms with van der Waals surface area (Å²) >= 11 is 0. The number of hydrogen-bond donors (Lipinski definition) is 0. The van der Waals surface area contributed by atoms with Gasteiger partial charge < -0.3 is 9.47 Å². The van der Waals surface area contributed by atoms with Crippen molar-refractivity contribution in [3.63, 3.8) is 0 Å². The largest absolute Gasteiger partial charge is 0.497 e. The van der Waals surface area contributed by atoms with E-state index in [-0.39, 0.29) is 17.8 Å². The van der Waals surface area contributed by atoms with Gasteiger partial charge in [-0.15, -0.1) is 0 Å². The molecule has 0 radical (unpaired) electrons. The summed E-state index contributed by atoms with van der Waals surface area (Å²) in [6.45, 7) is 2.30. The molecule has 24 heavy (non-hydrogen) atoms. The zero-order valence-corrected chi connectivity index (χ0v) is 14.6. The first-order valence-electron chi connectivity index (χ1n) is 8.95. The molecule has 0 spiro atoms. The van der Waals surface area contributed by atoms with Crippen LogP contribution in [0.4, 0.5) is 0 Å². The van der Waals surface area contributed by atoms with E-state index in [1.54, 1.807) is 7.11 Å². The van der Waals surface area contributed by atoms with Crippen molar-refractivity contribution in [2.45, 2.75) is 44.9 Å². The van der Waals surface area contributed by atoms with Gasteiger partial charge >= 0.3 is 5.97 Å². The summed E-state index contributed by atoms with van der Waals surface area (Å²) in [4.78, 5) is 12.8. The molecular formula is C21H26O3. The highest BCUT2D eigenvalue weighted by Gasteiger charge is 2.36. The van der Waals surface area contributed by atoms with Crippen LogP contribution in [0.5, 0.6) is 5.75 Å². The molecular weight excluding hydrogens is 300 g/mol. The number of carbonyl (C=O) groups is 1. The second-order valence-electron chi connectivity index (χ2n) is 6.50. The number of hydrogen-bond acceptors (Lipinski definition) is 3. The van der Waals surface area contributed by atoms with Crippen molar-refractivity contribution in [1.82, 2.24) is 0 Å². The Labute approximate surface area is 144 Å². The van der Waals surface area contributed by atoms with Gasteiger partial charge in [0.2, 0.25) is 0 Å². The number of esters is 1. The summed E-state index contributed by atoms with van der Waals surface area (Å²) in [7, 11) is 1.67. The molecule has 3 nitrogen and oxygen atoms in total. The van der Waals surface area contributed by atoms with Gasteiger partial charge in [-0.1, -0.05) is 36.3 Å². The zero-order chi connectivity index (χ0) is 16.9. The lowest BCUT2D eigenvalue weighted by atomic mass is 9.74. The zero-order valence-electron chi connectivity index (χ0n) is 14.6. The number of carbonyl (C=O) groups excluding carboxylic acids is 1. The van der Waals surface area contributed by atoms with Crippen LogP contribution in [-0.2, 0) is 9.53 Å². The van der Waals surface area contributed by atoms with Gasteiger partial charge in [-0.05, 0) is 55.9 Å². The van der Waals surface area contributed by atoms with Gasteiger partial charge in [0.15, 0.2) is 0 Å². The van der Waals surface area contributed by atoms with Gasteiger partial charge in [0, 0.05) is 5.92 Å². The van der Waals surface area contributed by atoms with E-state index >= 15 is 0 Å². The molecule has 1 aromatic rings. The maximum absolute atomic E-state index is 12.8. The van der Waals surface area contributed by atoms with Gasteiger partial charge in [-0.25, -0.2) is 0 Å². The summed E-state index contributed by atoms with van der Waals surface area (Å²) in [5.41, 5.74) is 3.80. The van der Waals surface area contributed by atoms with Gasteiger partial charge in [-0.2, -0.15) is 0 Å². The minimum Gasteiger partial charge on any atom is -0.497 e. The topological polar surface area (TPSA) is 35.5 Å². The number of allylic oxidation sites excluding steroid dienone is 3. The van der Waals surface area contributed by atoms with E-state index in [0.717, 1.165) is 30.6 Å². The number of methoxy groups -OCH3 is 1. The minimum atomic E-state index is -0.184. The summed E-state index contributed by atoms with van der Waals surface area (Å²) in [5, 5.41) is 0. The summed E-state index contributed by atoms with van der Waals surface area (Å²) in [6.07, 6.45) is 10.1. The molecule has 0 fully saturated rings. The van der Waals surface area contributed by atoms with Crippen LogP contribution in [0, 0.1) is 5.92 Å². The van der Waals surface area contributed by atoms with E-state index in [4.69, 9.17) is 9.47 Å². The van der Waals surface area contributed by atoms with Crippen LogP contribution in [-0.4, -0.2) is 19.7 Å². The van der Waals surface area contributed by atoms with Gasteiger partial charge in [0.25, 0.3) is 0 Å². The van der Waals surface area contributed by atoms with E-state index in [2.05, 4.69) is 24.3 Å². The second-order valence-corrected chi connectivity index (χ2v) is 6.50. The Balaban J connectivity index is 1.96. The smallest absolute Gasteiger partial charge is 0.314 e. The lowest BCUT2D eigenvalue weighted by Crippen LogP contribution is -2.28. The van der Waals surface area contributed by atoms with Crippen molar-refractivity contribution < 1.29 is 14.3 Å². The normalized spacial score (nSPS) is 23.4. The maximum Gasteiger partial charge on any atom is 0.314 e. The van der Waals surface area contributed by atoms with Crippen LogP contribution in [0.15, 0.2) is 47.6 Å². The monoisotopic (exact) mass is 326 g/mol. The molecule has 0 N–H and O–H groups in total. The quantitative estimate of drug-likeness (QED) is 0.746. The first-order valence-corrected chi connectivity index (χ1v) is 8.95. The van der Waals surface area contributed by atoms with E-state index in [1.807, 2.05) is 19.1 Å². The van der Waals surface area contributed by atoms with Crippen LogP contribution < -0.4 is 4.74 Å². The lowest BCUT2D eigenvalue weighted by molar-refractivity contribution is -0.147. The van der Waals surface area contributed by atoms with Gasteiger partial charge in [-0.3, -0.25) is 4.79 Å². The fourth-order valence-corrected chi connectivity index (χ4v) is 3.87. The highest BCUT2D eigenvalue weighted by molar-refractivity contribution is 5.79. The maximum atomic E-state index is 12.8. The summed E-state index contributed by atoms with van der Waals surface area (Å²) < 4.78 is 10.7. The molecule has 2 aliphatic rings. The van der Waals surface area contributed by atoms with Crippen molar-refractivity contribution in [3.05, 3.63) is 53.1 Å². The molecule has 2 aliphatic carbocycles. The predicted molar refractivity (Wildman–Crippen MR) is 95.1 cm³/mol. The molecule has 0 saturated carbocycles. The van der Waals surface area contributed by atoms with Crippen molar-refractivity contribution in [2.75, 3.05) is 13.7 Å². The number of benzene rings is 1. The third kappa shape index (κ3) is 3.40. The van der Waals surface area contributed by atoms with Crippen LogP contribution in [0.25, 0.3) is 0 Å². The average Bonchev–Trinajstić information content (AvgIpc) is 2.86. The number of rotatable bonds is 4. The molecule has 0 saturated heterocycles. The Morgan fingerprint density at radius 3 is 2.58 bits per heavy atom. The van der Waals surface area contributed by atoms with Crippen LogP contribution in [0.2, 0.25) is 0 Å². The first kappa shape index (κ1) is 16.8. The molecule has 0 bridgehead atoms. The van der Waals surface area contributed by atoms with Crippen molar-refractivity contribution in [1.29, 1.82) is 0 Å². The SMILES string of the molecule is CCOC(=O)[C@@H]1C2=C(C=C[C@@H]1c1ccc(OC)cc1)CCCCC2. The predicted octanol–water partition coefficient (Wildman–Crippen LogP) is 4.79. The average molecular weight is 326 g/mol. The Hall–Kier alpha value is -2.03. The molecule has 0 heterocycles. The number of ether oxygens (including phenoxy) is 2. The minimum absolute atomic E-state index is 0.0480. The van der Waals surface area contributed by atoms with Gasteiger partial charge in [0.05, 0.1) is 19.6 Å². The molecule has 128 valence electrons. The second kappa shape index (κ2) is 7.69. The molecule has 0 unspecified atom stereocenters. The van der Waals surface area contributed by atoms with E-state index in [9.17, 15) is 4.79 Å². The molecule has 0 amide bonds.